The van der Waals surface area contributed by atoms with Gasteiger partial charge in [0.25, 0.3) is 5.91 Å². The summed E-state index contributed by atoms with van der Waals surface area (Å²) in [5.74, 6) is 2.28. The third-order valence-electron chi connectivity index (χ3n) is 8.60. The fraction of sp³-hybridized carbons (Fsp3) is 0.792. The van der Waals surface area contributed by atoms with Crippen LogP contribution in [0.25, 0.3) is 0 Å². The van der Waals surface area contributed by atoms with Crippen LogP contribution in [-0.4, -0.2) is 76.9 Å². The number of hydrogen-bond acceptors (Lipinski definition) is 7. The van der Waals surface area contributed by atoms with Gasteiger partial charge in [-0.1, -0.05) is 0 Å². The standard InChI is InChI=1S/C24H35N5O3/c25-22(30)19-14-26-23(27-20(19)16-1-2-16)29(4-3-28-5-7-32-8-6-28)21-17-9-15-10-18(21)13-24(31,11-15)12-17/h14-18,21,31H,1-13H2,(H2,25,30). The number of nitrogens with two attached hydrogens (primary N) is 1. The normalized spacial score (nSPS) is 36.4. The van der Waals surface area contributed by atoms with Gasteiger partial charge in [-0.2, -0.15) is 0 Å². The predicted octanol–water partition coefficient (Wildman–Crippen LogP) is 1.53. The molecule has 0 spiro atoms. The molecule has 4 bridgehead atoms. The fourth-order valence-electron chi connectivity index (χ4n) is 7.30. The second-order valence-corrected chi connectivity index (χ2v) is 10.9. The highest BCUT2D eigenvalue weighted by Gasteiger charge is 2.56. The van der Waals surface area contributed by atoms with Crippen LogP contribution in [0.3, 0.4) is 0 Å². The van der Waals surface area contributed by atoms with Crippen molar-refractivity contribution in [3.8, 4) is 0 Å². The molecule has 1 aliphatic heterocycles. The number of aromatic nitrogens is 2. The maximum atomic E-state index is 12.0. The second kappa shape index (κ2) is 7.92. The van der Waals surface area contributed by atoms with Gasteiger partial charge in [-0.25, -0.2) is 9.97 Å². The molecule has 3 N–H and O–H groups in total. The van der Waals surface area contributed by atoms with E-state index in [2.05, 4.69) is 9.80 Å². The van der Waals surface area contributed by atoms with Crippen molar-refractivity contribution >= 4 is 11.9 Å². The van der Waals surface area contributed by atoms with E-state index in [0.29, 0.717) is 35.3 Å². The number of nitrogens with zero attached hydrogens (tertiary/aromatic N) is 4. The molecular weight excluding hydrogens is 406 g/mol. The minimum absolute atomic E-state index is 0.333. The summed E-state index contributed by atoms with van der Waals surface area (Å²) in [6.45, 7) is 5.31. The molecule has 2 unspecified atom stereocenters. The van der Waals surface area contributed by atoms with Crippen molar-refractivity contribution in [2.75, 3.05) is 44.3 Å². The first-order valence-corrected chi connectivity index (χ1v) is 12.4. The van der Waals surface area contributed by atoms with E-state index < -0.39 is 11.5 Å². The Balaban J connectivity index is 1.32. The molecule has 5 aliphatic carbocycles. The molecule has 6 fully saturated rings. The first-order valence-electron chi connectivity index (χ1n) is 12.4. The molecule has 2 atom stereocenters. The number of carbonyl (C=O) groups is 1. The molecule has 7 rings (SSSR count). The lowest BCUT2D eigenvalue weighted by atomic mass is 9.52. The van der Waals surface area contributed by atoms with Gasteiger partial charge in [-0.05, 0) is 62.7 Å². The molecule has 2 heterocycles. The molecular formula is C24H35N5O3. The van der Waals surface area contributed by atoms with Gasteiger partial charge >= 0.3 is 0 Å². The Labute approximate surface area is 189 Å². The Bertz CT molecular complexity index is 868. The molecule has 8 heteroatoms. The van der Waals surface area contributed by atoms with Gasteiger partial charge in [0.2, 0.25) is 5.95 Å². The van der Waals surface area contributed by atoms with Gasteiger partial charge in [0, 0.05) is 44.3 Å². The number of rotatable bonds is 7. The van der Waals surface area contributed by atoms with Crippen LogP contribution in [-0.2, 0) is 4.74 Å². The topological polar surface area (TPSA) is 105 Å². The molecule has 8 nitrogen and oxygen atoms in total. The zero-order valence-corrected chi connectivity index (χ0v) is 18.8. The first kappa shape index (κ1) is 20.8. The molecule has 0 aromatic carbocycles. The lowest BCUT2D eigenvalue weighted by molar-refractivity contribution is -0.134. The van der Waals surface area contributed by atoms with Crippen LogP contribution in [0.15, 0.2) is 6.20 Å². The molecule has 1 aromatic heterocycles. The Hall–Kier alpha value is -1.77. The van der Waals surface area contributed by atoms with Crippen molar-refractivity contribution in [2.24, 2.45) is 23.5 Å². The highest BCUT2D eigenvalue weighted by molar-refractivity contribution is 5.94. The summed E-state index contributed by atoms with van der Waals surface area (Å²) < 4.78 is 5.53. The monoisotopic (exact) mass is 441 g/mol. The van der Waals surface area contributed by atoms with Gasteiger partial charge < -0.3 is 20.5 Å². The minimum atomic E-state index is -0.460. The molecule has 1 saturated heterocycles. The minimum Gasteiger partial charge on any atom is -0.390 e. The summed E-state index contributed by atoms with van der Waals surface area (Å²) in [5, 5.41) is 11.1. The zero-order chi connectivity index (χ0) is 21.9. The summed E-state index contributed by atoms with van der Waals surface area (Å²) in [5.41, 5.74) is 6.49. The SMILES string of the molecule is NC(=O)c1cnc(N(CCN2CCOCC2)C2C3CC4CC2CC(O)(C4)C3)nc1C1CC1. The first-order chi connectivity index (χ1) is 15.5. The number of aliphatic hydroxyl groups is 1. The van der Waals surface area contributed by atoms with Crippen molar-refractivity contribution in [1.82, 2.24) is 14.9 Å². The number of hydrogen-bond donors (Lipinski definition) is 2. The highest BCUT2D eigenvalue weighted by Crippen LogP contribution is 2.57. The summed E-state index contributed by atoms with van der Waals surface area (Å²) in [6.07, 6.45) is 8.96. The highest BCUT2D eigenvalue weighted by atomic mass is 16.5. The number of carbonyl (C=O) groups excluding carboxylic acids is 1. The zero-order valence-electron chi connectivity index (χ0n) is 18.8. The van der Waals surface area contributed by atoms with E-state index in [1.165, 1.54) is 12.8 Å². The predicted molar refractivity (Wildman–Crippen MR) is 119 cm³/mol. The molecule has 174 valence electrons. The third kappa shape index (κ3) is 3.80. The van der Waals surface area contributed by atoms with E-state index in [9.17, 15) is 9.90 Å². The van der Waals surface area contributed by atoms with E-state index in [1.807, 2.05) is 0 Å². The lowest BCUT2D eigenvalue weighted by Crippen LogP contribution is -2.62. The van der Waals surface area contributed by atoms with Crippen LogP contribution in [0.4, 0.5) is 5.95 Å². The Morgan fingerprint density at radius 2 is 1.94 bits per heavy atom. The largest absolute Gasteiger partial charge is 0.390 e. The van der Waals surface area contributed by atoms with Crippen molar-refractivity contribution in [3.05, 3.63) is 17.5 Å². The quantitative estimate of drug-likeness (QED) is 0.661. The van der Waals surface area contributed by atoms with Crippen LogP contribution in [0, 0.1) is 17.8 Å². The number of primary amides is 1. The van der Waals surface area contributed by atoms with Crippen LogP contribution in [0.5, 0.6) is 0 Å². The van der Waals surface area contributed by atoms with Gasteiger partial charge in [-0.15, -0.1) is 0 Å². The number of ether oxygens (including phenoxy) is 1. The Kier molecular flexibility index (Phi) is 5.15. The van der Waals surface area contributed by atoms with E-state index >= 15 is 0 Å². The molecule has 32 heavy (non-hydrogen) atoms. The average molecular weight is 442 g/mol. The van der Waals surface area contributed by atoms with Crippen LogP contribution in [0.2, 0.25) is 0 Å². The Morgan fingerprint density at radius 3 is 2.56 bits per heavy atom. The second-order valence-electron chi connectivity index (χ2n) is 10.9. The van der Waals surface area contributed by atoms with Crippen molar-refractivity contribution in [2.45, 2.75) is 62.5 Å². The molecule has 1 aromatic rings. The molecule has 5 saturated carbocycles. The van der Waals surface area contributed by atoms with E-state index in [1.54, 1.807) is 6.20 Å². The van der Waals surface area contributed by atoms with Crippen molar-refractivity contribution in [1.29, 1.82) is 0 Å². The summed E-state index contributed by atoms with van der Waals surface area (Å²) in [4.78, 5) is 26.5. The smallest absolute Gasteiger partial charge is 0.252 e. The van der Waals surface area contributed by atoms with Gasteiger partial charge in [-0.3, -0.25) is 9.69 Å². The van der Waals surface area contributed by atoms with Gasteiger partial charge in [0.15, 0.2) is 0 Å². The van der Waals surface area contributed by atoms with E-state index in [-0.39, 0.29) is 0 Å². The van der Waals surface area contributed by atoms with Crippen LogP contribution >= 0.6 is 0 Å². The number of morpholine rings is 1. The maximum Gasteiger partial charge on any atom is 0.252 e. The summed E-state index contributed by atoms with van der Waals surface area (Å²) in [6, 6.07) is 0.361. The fourth-order valence-corrected chi connectivity index (χ4v) is 7.30. The molecule has 1 amide bonds. The number of anilines is 1. The van der Waals surface area contributed by atoms with Gasteiger partial charge in [0.1, 0.15) is 0 Å². The summed E-state index contributed by atoms with van der Waals surface area (Å²) in [7, 11) is 0. The third-order valence-corrected chi connectivity index (χ3v) is 8.60. The van der Waals surface area contributed by atoms with E-state index in [4.69, 9.17) is 20.4 Å². The average Bonchev–Trinajstić information content (AvgIpc) is 3.60. The molecule has 0 radical (unpaired) electrons. The maximum absolute atomic E-state index is 12.0. The van der Waals surface area contributed by atoms with E-state index in [0.717, 1.165) is 83.1 Å². The van der Waals surface area contributed by atoms with Crippen molar-refractivity contribution in [3.63, 3.8) is 0 Å². The Morgan fingerprint density at radius 1 is 1.22 bits per heavy atom. The number of amides is 1. The van der Waals surface area contributed by atoms with Crippen molar-refractivity contribution < 1.29 is 14.6 Å². The summed E-state index contributed by atoms with van der Waals surface area (Å²) >= 11 is 0. The van der Waals surface area contributed by atoms with Gasteiger partial charge in [0.05, 0.1) is 30.1 Å². The van der Waals surface area contributed by atoms with Crippen LogP contribution in [0.1, 0.15) is 66.9 Å². The molecule has 6 aliphatic rings. The lowest BCUT2D eigenvalue weighted by Gasteiger charge is -2.60. The van der Waals surface area contributed by atoms with Crippen LogP contribution < -0.4 is 10.6 Å².